The van der Waals surface area contributed by atoms with E-state index >= 15 is 0 Å². The van der Waals surface area contributed by atoms with E-state index in [1.165, 1.54) is 10.5 Å². The van der Waals surface area contributed by atoms with E-state index in [-0.39, 0.29) is 0 Å². The van der Waals surface area contributed by atoms with Gasteiger partial charge in [0.05, 0.1) is 36.9 Å². The molecule has 0 aliphatic heterocycles. The van der Waals surface area contributed by atoms with Gasteiger partial charge < -0.3 is 14.6 Å². The first-order chi connectivity index (χ1) is 13.1. The fraction of sp³-hybridized carbons (Fsp3) is 0.333. The molecule has 142 valence electrons. The molecule has 0 amide bonds. The number of nitrogens with zero attached hydrogens (tertiary/aromatic N) is 2. The fourth-order valence-electron chi connectivity index (χ4n) is 3.12. The number of aromatic amines is 1. The van der Waals surface area contributed by atoms with Gasteiger partial charge in [-0.1, -0.05) is 12.1 Å². The second-order valence-electron chi connectivity index (χ2n) is 6.57. The number of quaternary nitrogens is 1. The second kappa shape index (κ2) is 8.68. The number of nitrogens with one attached hydrogen (secondary N) is 3. The van der Waals surface area contributed by atoms with E-state index in [0.717, 1.165) is 47.7 Å². The van der Waals surface area contributed by atoms with E-state index in [0.29, 0.717) is 5.95 Å². The molecule has 3 rings (SSSR count). The predicted molar refractivity (Wildman–Crippen MR) is 111 cm³/mol. The summed E-state index contributed by atoms with van der Waals surface area (Å²) in [5.41, 5.74) is 8.10. The van der Waals surface area contributed by atoms with E-state index in [1.54, 1.807) is 7.11 Å². The summed E-state index contributed by atoms with van der Waals surface area (Å²) in [5, 5.41) is 4.50. The van der Waals surface area contributed by atoms with Crippen molar-refractivity contribution in [2.24, 2.45) is 5.10 Å². The summed E-state index contributed by atoms with van der Waals surface area (Å²) in [4.78, 5) is 9.22. The van der Waals surface area contributed by atoms with Crippen LogP contribution >= 0.6 is 0 Å². The van der Waals surface area contributed by atoms with Crippen LogP contribution in [0.3, 0.4) is 0 Å². The number of hydrogen-bond acceptors (Lipinski definition) is 4. The molecular weight excluding hydrogens is 338 g/mol. The van der Waals surface area contributed by atoms with Gasteiger partial charge in [0.15, 0.2) is 0 Å². The van der Waals surface area contributed by atoms with Crippen LogP contribution in [0.15, 0.2) is 47.6 Å². The number of aromatic nitrogens is 2. The third kappa shape index (κ3) is 4.46. The zero-order valence-electron chi connectivity index (χ0n) is 16.5. The lowest BCUT2D eigenvalue weighted by molar-refractivity contribution is -0.910. The Morgan fingerprint density at radius 1 is 1.19 bits per heavy atom. The lowest BCUT2D eigenvalue weighted by atomic mass is 10.1. The Morgan fingerprint density at radius 3 is 2.67 bits per heavy atom. The van der Waals surface area contributed by atoms with E-state index in [4.69, 9.17) is 4.74 Å². The minimum absolute atomic E-state index is 0.636. The van der Waals surface area contributed by atoms with Crippen molar-refractivity contribution in [2.45, 2.75) is 27.3 Å². The molecule has 6 heteroatoms. The number of anilines is 1. The van der Waals surface area contributed by atoms with Crippen LogP contribution in [0.2, 0.25) is 0 Å². The number of benzene rings is 2. The van der Waals surface area contributed by atoms with Crippen molar-refractivity contribution >= 4 is 22.7 Å². The van der Waals surface area contributed by atoms with Crippen molar-refractivity contribution < 1.29 is 9.64 Å². The zero-order valence-corrected chi connectivity index (χ0v) is 16.5. The Bertz CT molecular complexity index is 894. The van der Waals surface area contributed by atoms with Gasteiger partial charge in [0.1, 0.15) is 12.3 Å². The smallest absolute Gasteiger partial charge is 0.222 e. The summed E-state index contributed by atoms with van der Waals surface area (Å²) in [6, 6.07) is 14.2. The number of rotatable bonds is 8. The number of hydrazone groups is 1. The Morgan fingerprint density at radius 2 is 1.96 bits per heavy atom. The Labute approximate surface area is 160 Å². The van der Waals surface area contributed by atoms with Crippen molar-refractivity contribution in [3.8, 4) is 5.75 Å². The van der Waals surface area contributed by atoms with Crippen molar-refractivity contribution in [3.63, 3.8) is 0 Å². The highest BCUT2D eigenvalue weighted by Gasteiger charge is 2.12. The average Bonchev–Trinajstić information content (AvgIpc) is 3.13. The SMILES string of the molecule is CC[NH+](CC)Cc1cc(/C(C)=N\Nc2nc3ccccc3[nH]2)ccc1OC. The number of hydrogen-bond donors (Lipinski definition) is 3. The van der Waals surface area contributed by atoms with Crippen LogP contribution in [0.1, 0.15) is 31.9 Å². The van der Waals surface area contributed by atoms with Gasteiger partial charge in [0.25, 0.3) is 0 Å². The van der Waals surface area contributed by atoms with E-state index in [1.807, 2.05) is 43.3 Å². The molecule has 1 aromatic heterocycles. The summed E-state index contributed by atoms with van der Waals surface area (Å²) < 4.78 is 5.55. The monoisotopic (exact) mass is 366 g/mol. The van der Waals surface area contributed by atoms with Gasteiger partial charge in [-0.05, 0) is 56.7 Å². The van der Waals surface area contributed by atoms with Crippen molar-refractivity contribution in [1.29, 1.82) is 0 Å². The van der Waals surface area contributed by atoms with Gasteiger partial charge in [0.2, 0.25) is 5.95 Å². The quantitative estimate of drug-likeness (QED) is 0.424. The van der Waals surface area contributed by atoms with Gasteiger partial charge in [-0.3, -0.25) is 0 Å². The van der Waals surface area contributed by atoms with Crippen molar-refractivity contribution in [3.05, 3.63) is 53.6 Å². The van der Waals surface area contributed by atoms with Crippen LogP contribution in [-0.2, 0) is 6.54 Å². The average molecular weight is 366 g/mol. The Kier molecular flexibility index (Phi) is 6.08. The lowest BCUT2D eigenvalue weighted by Crippen LogP contribution is -3.10. The molecule has 1 heterocycles. The number of H-pyrrole nitrogens is 1. The number of para-hydroxylation sites is 2. The maximum Gasteiger partial charge on any atom is 0.222 e. The molecule has 0 saturated heterocycles. The third-order valence-corrected chi connectivity index (χ3v) is 4.86. The van der Waals surface area contributed by atoms with Gasteiger partial charge in [-0.25, -0.2) is 10.4 Å². The molecule has 0 unspecified atom stereocenters. The normalized spacial score (nSPS) is 12.0. The van der Waals surface area contributed by atoms with Crippen LogP contribution in [0.25, 0.3) is 11.0 Å². The summed E-state index contributed by atoms with van der Waals surface area (Å²) >= 11 is 0. The van der Waals surface area contributed by atoms with Crippen LogP contribution in [-0.4, -0.2) is 35.9 Å². The first-order valence-electron chi connectivity index (χ1n) is 9.40. The summed E-state index contributed by atoms with van der Waals surface area (Å²) in [5.74, 6) is 1.56. The minimum Gasteiger partial charge on any atom is -0.496 e. The first kappa shape index (κ1) is 18.9. The molecule has 0 spiro atoms. The molecule has 0 radical (unpaired) electrons. The third-order valence-electron chi connectivity index (χ3n) is 4.86. The van der Waals surface area contributed by atoms with E-state index in [9.17, 15) is 0 Å². The first-order valence-corrected chi connectivity index (χ1v) is 9.40. The molecular formula is C21H28N5O+. The highest BCUT2D eigenvalue weighted by Crippen LogP contribution is 2.20. The highest BCUT2D eigenvalue weighted by atomic mass is 16.5. The second-order valence-corrected chi connectivity index (χ2v) is 6.57. The van der Waals surface area contributed by atoms with Crippen molar-refractivity contribution in [2.75, 3.05) is 25.6 Å². The van der Waals surface area contributed by atoms with Crippen LogP contribution in [0, 0.1) is 0 Å². The molecule has 6 nitrogen and oxygen atoms in total. The molecule has 3 aromatic rings. The standard InChI is InChI=1S/C21H27N5O/c1-5-26(6-2)14-17-13-16(11-12-20(17)27-4)15(3)24-25-21-22-18-9-7-8-10-19(18)23-21/h7-13H,5-6,14H2,1-4H3,(H2,22,23,25)/p+1/b24-15-. The van der Waals surface area contributed by atoms with Gasteiger partial charge in [-0.2, -0.15) is 5.10 Å². The van der Waals surface area contributed by atoms with Crippen LogP contribution < -0.4 is 15.1 Å². The molecule has 3 N–H and O–H groups in total. The maximum atomic E-state index is 5.55. The number of methoxy groups -OCH3 is 1. The van der Waals surface area contributed by atoms with Crippen LogP contribution in [0.4, 0.5) is 5.95 Å². The summed E-state index contributed by atoms with van der Waals surface area (Å²) in [6.45, 7) is 9.52. The summed E-state index contributed by atoms with van der Waals surface area (Å²) in [7, 11) is 1.72. The summed E-state index contributed by atoms with van der Waals surface area (Å²) in [6.07, 6.45) is 0. The molecule has 0 aliphatic carbocycles. The fourth-order valence-corrected chi connectivity index (χ4v) is 3.12. The molecule has 27 heavy (non-hydrogen) atoms. The van der Waals surface area contributed by atoms with Crippen molar-refractivity contribution in [1.82, 2.24) is 9.97 Å². The molecule has 0 aliphatic rings. The topological polar surface area (TPSA) is 66.7 Å². The van der Waals surface area contributed by atoms with Crippen LogP contribution in [0.5, 0.6) is 5.75 Å². The molecule has 0 atom stereocenters. The minimum atomic E-state index is 0.636. The molecule has 0 saturated carbocycles. The van der Waals surface area contributed by atoms with Gasteiger partial charge in [0, 0.05) is 5.56 Å². The molecule has 2 aromatic carbocycles. The van der Waals surface area contributed by atoms with E-state index in [2.05, 4.69) is 40.4 Å². The Balaban J connectivity index is 1.80. The number of fused-ring (bicyclic) bond motifs is 1. The van der Waals surface area contributed by atoms with E-state index < -0.39 is 0 Å². The largest absolute Gasteiger partial charge is 0.496 e. The highest BCUT2D eigenvalue weighted by molar-refractivity contribution is 5.99. The predicted octanol–water partition coefficient (Wildman–Crippen LogP) is 2.83. The zero-order chi connectivity index (χ0) is 19.2. The number of ether oxygens (including phenoxy) is 1. The number of imidazole rings is 1. The molecule has 0 bridgehead atoms. The van der Waals surface area contributed by atoms with Gasteiger partial charge >= 0.3 is 0 Å². The lowest BCUT2D eigenvalue weighted by Gasteiger charge is -2.18. The Hall–Kier alpha value is -2.86. The molecule has 0 fully saturated rings. The van der Waals surface area contributed by atoms with Gasteiger partial charge in [-0.15, -0.1) is 0 Å². The maximum absolute atomic E-state index is 5.55.